The first-order valence-electron chi connectivity index (χ1n) is 7.89. The monoisotopic (exact) mass is 358 g/mol. The van der Waals surface area contributed by atoms with Crippen LogP contribution in [0, 0.1) is 5.82 Å². The molecule has 0 saturated carbocycles. The Morgan fingerprint density at radius 3 is 2.54 bits per heavy atom. The number of rotatable bonds is 6. The fraction of sp³-hybridized carbons (Fsp3) is 0.211. The van der Waals surface area contributed by atoms with E-state index in [0.717, 1.165) is 0 Å². The molecule has 0 radical (unpaired) electrons. The molecule has 26 heavy (non-hydrogen) atoms. The van der Waals surface area contributed by atoms with Crippen molar-refractivity contribution in [2.75, 3.05) is 19.0 Å². The summed E-state index contributed by atoms with van der Waals surface area (Å²) in [5.74, 6) is -1.82. The lowest BCUT2D eigenvalue weighted by molar-refractivity contribution is -0.133. The minimum absolute atomic E-state index is 0.0705. The van der Waals surface area contributed by atoms with Crippen LogP contribution >= 0.6 is 0 Å². The van der Waals surface area contributed by atoms with E-state index < -0.39 is 24.3 Å². The smallest absolute Gasteiger partial charge is 0.338 e. The number of nitrogens with one attached hydrogen (secondary N) is 1. The van der Waals surface area contributed by atoms with E-state index in [4.69, 9.17) is 4.74 Å². The van der Waals surface area contributed by atoms with E-state index in [2.05, 4.69) is 5.32 Å². The Balaban J connectivity index is 1.91. The number of likely N-dealkylation sites (N-methyl/N-ethyl adjacent to an activating group) is 1. The molecule has 0 unspecified atom stereocenters. The summed E-state index contributed by atoms with van der Waals surface area (Å²) in [6.07, 6.45) is 0. The van der Waals surface area contributed by atoms with Crippen molar-refractivity contribution in [2.45, 2.75) is 13.5 Å². The number of ether oxygens (including phenoxy) is 1. The van der Waals surface area contributed by atoms with E-state index in [-0.39, 0.29) is 18.0 Å². The first-order chi connectivity index (χ1) is 12.4. The summed E-state index contributed by atoms with van der Waals surface area (Å²) in [5, 5.41) is 2.56. The summed E-state index contributed by atoms with van der Waals surface area (Å²) in [6.45, 7) is 0.963. The molecule has 0 aliphatic rings. The van der Waals surface area contributed by atoms with E-state index in [1.54, 1.807) is 30.3 Å². The van der Waals surface area contributed by atoms with Gasteiger partial charge in [-0.05, 0) is 24.3 Å². The number of benzene rings is 2. The standard InChI is InChI=1S/C19H19FN2O4/c1-13(23)21-16-8-5-7-14(10-16)19(25)26-12-18(24)22(2)11-15-6-3-4-9-17(15)20/h3-10H,11-12H2,1-2H3,(H,21,23). The topological polar surface area (TPSA) is 75.7 Å². The van der Waals surface area contributed by atoms with E-state index >= 15 is 0 Å². The fourth-order valence-electron chi connectivity index (χ4n) is 2.22. The molecule has 2 amide bonds. The SMILES string of the molecule is CC(=O)Nc1cccc(C(=O)OCC(=O)N(C)Cc2ccccc2F)c1. The third kappa shape index (κ3) is 5.41. The van der Waals surface area contributed by atoms with Gasteiger partial charge in [-0.15, -0.1) is 0 Å². The van der Waals surface area contributed by atoms with Gasteiger partial charge in [0, 0.05) is 31.8 Å². The fourth-order valence-corrected chi connectivity index (χ4v) is 2.22. The third-order valence-corrected chi connectivity index (χ3v) is 3.54. The molecule has 0 saturated heterocycles. The van der Waals surface area contributed by atoms with Crippen molar-refractivity contribution in [3.8, 4) is 0 Å². The van der Waals surface area contributed by atoms with Crippen molar-refractivity contribution in [3.63, 3.8) is 0 Å². The molecule has 0 bridgehead atoms. The van der Waals surface area contributed by atoms with Crippen LogP contribution in [-0.4, -0.2) is 36.3 Å². The van der Waals surface area contributed by atoms with Crippen LogP contribution in [0.1, 0.15) is 22.8 Å². The summed E-state index contributed by atoms with van der Waals surface area (Å²) in [7, 11) is 1.50. The lowest BCUT2D eigenvalue weighted by Gasteiger charge is -2.17. The van der Waals surface area contributed by atoms with Crippen molar-refractivity contribution in [1.82, 2.24) is 4.90 Å². The number of carbonyl (C=O) groups is 3. The number of carbonyl (C=O) groups excluding carboxylic acids is 3. The molecule has 0 fully saturated rings. The van der Waals surface area contributed by atoms with Gasteiger partial charge in [0.25, 0.3) is 5.91 Å². The predicted molar refractivity (Wildman–Crippen MR) is 93.9 cm³/mol. The van der Waals surface area contributed by atoms with Gasteiger partial charge in [-0.2, -0.15) is 0 Å². The molecule has 2 rings (SSSR count). The van der Waals surface area contributed by atoms with Gasteiger partial charge in [-0.3, -0.25) is 9.59 Å². The van der Waals surface area contributed by atoms with Crippen LogP contribution in [0.2, 0.25) is 0 Å². The van der Waals surface area contributed by atoms with E-state index in [1.165, 1.54) is 37.1 Å². The number of esters is 1. The molecule has 6 nitrogen and oxygen atoms in total. The minimum atomic E-state index is -0.690. The molecular weight excluding hydrogens is 339 g/mol. The highest BCUT2D eigenvalue weighted by Gasteiger charge is 2.15. The zero-order valence-corrected chi connectivity index (χ0v) is 14.5. The maximum atomic E-state index is 13.6. The van der Waals surface area contributed by atoms with Gasteiger partial charge in [-0.25, -0.2) is 9.18 Å². The number of hydrogen-bond donors (Lipinski definition) is 1. The maximum absolute atomic E-state index is 13.6. The van der Waals surface area contributed by atoms with Gasteiger partial charge in [-0.1, -0.05) is 24.3 Å². The van der Waals surface area contributed by atoms with E-state index in [9.17, 15) is 18.8 Å². The zero-order chi connectivity index (χ0) is 19.1. The molecule has 0 aliphatic carbocycles. The van der Waals surface area contributed by atoms with Crippen LogP contribution in [0.15, 0.2) is 48.5 Å². The number of hydrogen-bond acceptors (Lipinski definition) is 4. The van der Waals surface area contributed by atoms with Crippen LogP contribution < -0.4 is 5.32 Å². The first kappa shape index (κ1) is 19.1. The number of nitrogens with zero attached hydrogens (tertiary/aromatic N) is 1. The molecule has 0 aromatic heterocycles. The van der Waals surface area contributed by atoms with Crippen LogP contribution in [0.4, 0.5) is 10.1 Å². The molecule has 0 atom stereocenters. The summed E-state index contributed by atoms with van der Waals surface area (Å²) in [4.78, 5) is 36.5. The van der Waals surface area contributed by atoms with Crippen LogP contribution in [0.25, 0.3) is 0 Å². The highest BCUT2D eigenvalue weighted by atomic mass is 19.1. The Kier molecular flexibility index (Phi) is 6.43. The van der Waals surface area contributed by atoms with Gasteiger partial charge in [0.2, 0.25) is 5.91 Å². The Bertz CT molecular complexity index is 823. The normalized spacial score (nSPS) is 10.1. The highest BCUT2D eigenvalue weighted by molar-refractivity contribution is 5.94. The molecule has 0 heterocycles. The van der Waals surface area contributed by atoms with Crippen molar-refractivity contribution >= 4 is 23.5 Å². The van der Waals surface area contributed by atoms with Gasteiger partial charge < -0.3 is 15.0 Å². The molecule has 2 aromatic rings. The maximum Gasteiger partial charge on any atom is 0.338 e. The molecular formula is C19H19FN2O4. The molecule has 7 heteroatoms. The molecule has 0 aliphatic heterocycles. The van der Waals surface area contributed by atoms with Crippen LogP contribution in [0.3, 0.4) is 0 Å². The Labute approximate surface area is 150 Å². The third-order valence-electron chi connectivity index (χ3n) is 3.54. The minimum Gasteiger partial charge on any atom is -0.452 e. The number of amides is 2. The Hall–Kier alpha value is -3.22. The Morgan fingerprint density at radius 2 is 1.85 bits per heavy atom. The quantitative estimate of drug-likeness (QED) is 0.806. The van der Waals surface area contributed by atoms with Crippen molar-refractivity contribution in [1.29, 1.82) is 0 Å². The van der Waals surface area contributed by atoms with Gasteiger partial charge in [0.15, 0.2) is 6.61 Å². The lowest BCUT2D eigenvalue weighted by Crippen LogP contribution is -2.31. The highest BCUT2D eigenvalue weighted by Crippen LogP contribution is 2.12. The van der Waals surface area contributed by atoms with E-state index in [1.807, 2.05) is 0 Å². The number of halogens is 1. The van der Waals surface area contributed by atoms with E-state index in [0.29, 0.717) is 11.3 Å². The first-order valence-corrected chi connectivity index (χ1v) is 7.89. The summed E-state index contributed by atoms with van der Waals surface area (Å²) in [6, 6.07) is 12.3. The zero-order valence-electron chi connectivity index (χ0n) is 14.5. The second-order valence-corrected chi connectivity index (χ2v) is 5.68. The van der Waals surface area contributed by atoms with Crippen LogP contribution in [-0.2, 0) is 20.9 Å². The predicted octanol–water partition coefficient (Wildman–Crippen LogP) is 2.60. The van der Waals surface area contributed by atoms with Gasteiger partial charge in [0.1, 0.15) is 5.82 Å². The van der Waals surface area contributed by atoms with Gasteiger partial charge in [0.05, 0.1) is 5.56 Å². The molecule has 0 spiro atoms. The second-order valence-electron chi connectivity index (χ2n) is 5.68. The summed E-state index contributed by atoms with van der Waals surface area (Å²) >= 11 is 0. The lowest BCUT2D eigenvalue weighted by atomic mass is 10.2. The van der Waals surface area contributed by atoms with Gasteiger partial charge >= 0.3 is 5.97 Å². The van der Waals surface area contributed by atoms with Crippen molar-refractivity contribution in [3.05, 3.63) is 65.5 Å². The average Bonchev–Trinajstić information content (AvgIpc) is 2.61. The summed E-state index contributed by atoms with van der Waals surface area (Å²) < 4.78 is 18.6. The Morgan fingerprint density at radius 1 is 1.12 bits per heavy atom. The van der Waals surface area contributed by atoms with Crippen LogP contribution in [0.5, 0.6) is 0 Å². The second kappa shape index (κ2) is 8.75. The molecule has 2 aromatic carbocycles. The largest absolute Gasteiger partial charge is 0.452 e. The molecule has 136 valence electrons. The summed E-state index contributed by atoms with van der Waals surface area (Å²) in [5.41, 5.74) is 1.04. The van der Waals surface area contributed by atoms with Crippen molar-refractivity contribution < 1.29 is 23.5 Å². The van der Waals surface area contributed by atoms with Crippen molar-refractivity contribution in [2.24, 2.45) is 0 Å². The molecule has 1 N–H and O–H groups in total. The average molecular weight is 358 g/mol. The number of anilines is 1.